The Hall–Kier alpha value is -1.57. The number of aliphatic hydroxyl groups is 2. The summed E-state index contributed by atoms with van der Waals surface area (Å²) in [5.74, 6) is -2.30. The molecule has 3 unspecified atom stereocenters. The predicted octanol–water partition coefficient (Wildman–Crippen LogP) is 1.34. The maximum Gasteiger partial charge on any atom is 0.303 e. The number of carbonyl (C=O) groups excluding carboxylic acids is 3. The zero-order chi connectivity index (χ0) is 21.3. The number of hydrogen-bond donors (Lipinski definition) is 2. The molecule has 3 rings (SSSR count). The molecule has 0 aromatic rings. The number of rotatable bonds is 2. The van der Waals surface area contributed by atoms with Crippen LogP contribution in [-0.4, -0.2) is 57.3 Å². The molecule has 7 nitrogen and oxygen atoms in total. The van der Waals surface area contributed by atoms with Crippen molar-refractivity contribution in [2.45, 2.75) is 83.4 Å². The standard InChI is InChI=1S/C21H30O7/c1-7-19(5)10-13(24)21(26)17(28-19)15(27-11(2)22)14(25)16-18(3,4)9-8-12(23)20(16,21)6/h7,14-17,25-26H,1,8-10H2,2-6H3/t14?,15?,16-,17+,19-,20?,21+/m0/s1. The molecule has 0 aromatic heterocycles. The van der Waals surface area contributed by atoms with E-state index < -0.39 is 58.0 Å². The summed E-state index contributed by atoms with van der Waals surface area (Å²) in [5, 5.41) is 23.1. The zero-order valence-electron chi connectivity index (χ0n) is 17.2. The lowest BCUT2D eigenvalue weighted by atomic mass is 9.43. The van der Waals surface area contributed by atoms with Crippen LogP contribution in [0, 0.1) is 16.7 Å². The van der Waals surface area contributed by atoms with Crippen LogP contribution in [0.1, 0.15) is 53.9 Å². The first-order chi connectivity index (χ1) is 12.7. The molecule has 28 heavy (non-hydrogen) atoms. The first kappa shape index (κ1) is 21.1. The van der Waals surface area contributed by atoms with Crippen molar-refractivity contribution in [3.05, 3.63) is 12.7 Å². The van der Waals surface area contributed by atoms with Gasteiger partial charge in [-0.05, 0) is 25.7 Å². The van der Waals surface area contributed by atoms with E-state index in [0.29, 0.717) is 6.42 Å². The smallest absolute Gasteiger partial charge is 0.303 e. The average molecular weight is 394 g/mol. The largest absolute Gasteiger partial charge is 0.457 e. The lowest BCUT2D eigenvalue weighted by Crippen LogP contribution is -2.81. The fraction of sp³-hybridized carbons (Fsp3) is 0.762. The first-order valence-electron chi connectivity index (χ1n) is 9.70. The van der Waals surface area contributed by atoms with Gasteiger partial charge in [0.2, 0.25) is 0 Å². The number of ketones is 2. The van der Waals surface area contributed by atoms with Crippen molar-refractivity contribution in [2.24, 2.45) is 16.7 Å². The molecular formula is C21H30O7. The Morgan fingerprint density at radius 3 is 2.39 bits per heavy atom. The first-order valence-corrected chi connectivity index (χ1v) is 9.70. The zero-order valence-corrected chi connectivity index (χ0v) is 17.2. The third-order valence-electron chi connectivity index (χ3n) is 7.29. The molecule has 0 bridgehead atoms. The second-order valence-electron chi connectivity index (χ2n) is 9.58. The Bertz CT molecular complexity index is 743. The summed E-state index contributed by atoms with van der Waals surface area (Å²) in [5.41, 5.74) is -5.45. The summed E-state index contributed by atoms with van der Waals surface area (Å²) < 4.78 is 11.4. The summed E-state index contributed by atoms with van der Waals surface area (Å²) in [6.45, 7) is 11.8. The van der Waals surface area contributed by atoms with E-state index in [1.165, 1.54) is 13.0 Å². The summed E-state index contributed by atoms with van der Waals surface area (Å²) in [4.78, 5) is 38.2. The number of fused-ring (bicyclic) bond motifs is 3. The normalized spacial score (nSPS) is 47.7. The second kappa shape index (κ2) is 6.21. The van der Waals surface area contributed by atoms with Crippen LogP contribution in [0.2, 0.25) is 0 Å². The van der Waals surface area contributed by atoms with E-state index in [-0.39, 0.29) is 18.6 Å². The van der Waals surface area contributed by atoms with E-state index in [4.69, 9.17) is 9.47 Å². The van der Waals surface area contributed by atoms with Crippen LogP contribution < -0.4 is 0 Å². The Morgan fingerprint density at radius 1 is 1.25 bits per heavy atom. The number of hydrogen-bond acceptors (Lipinski definition) is 7. The highest BCUT2D eigenvalue weighted by atomic mass is 16.6. The Morgan fingerprint density at radius 2 is 1.86 bits per heavy atom. The highest BCUT2D eigenvalue weighted by molar-refractivity contribution is 6.00. The van der Waals surface area contributed by atoms with E-state index in [1.807, 2.05) is 13.8 Å². The lowest BCUT2D eigenvalue weighted by molar-refractivity contribution is -0.309. The van der Waals surface area contributed by atoms with Gasteiger partial charge in [-0.25, -0.2) is 0 Å². The van der Waals surface area contributed by atoms with Crippen molar-refractivity contribution < 1.29 is 34.1 Å². The van der Waals surface area contributed by atoms with Gasteiger partial charge in [-0.15, -0.1) is 6.58 Å². The van der Waals surface area contributed by atoms with Gasteiger partial charge >= 0.3 is 5.97 Å². The van der Waals surface area contributed by atoms with Gasteiger partial charge in [0.05, 0.1) is 17.1 Å². The number of Topliss-reactive ketones (excluding diaryl/α,β-unsaturated/α-hetero) is 2. The molecule has 0 spiro atoms. The van der Waals surface area contributed by atoms with Crippen molar-refractivity contribution in [3.63, 3.8) is 0 Å². The molecule has 3 aliphatic rings. The minimum absolute atomic E-state index is 0.164. The van der Waals surface area contributed by atoms with Crippen LogP contribution in [0.3, 0.4) is 0 Å². The van der Waals surface area contributed by atoms with E-state index in [9.17, 15) is 24.6 Å². The van der Waals surface area contributed by atoms with Gasteiger partial charge in [0.25, 0.3) is 0 Å². The quantitative estimate of drug-likeness (QED) is 0.537. The van der Waals surface area contributed by atoms with Gasteiger partial charge < -0.3 is 19.7 Å². The summed E-state index contributed by atoms with van der Waals surface area (Å²) in [7, 11) is 0. The lowest BCUT2D eigenvalue weighted by Gasteiger charge is -2.65. The SMILES string of the molecule is C=C[C@@]1(C)CC(=O)[C@@]2(O)[C@H](O1)C(OC(C)=O)C(O)[C@H]1C(C)(C)CCC(=O)C12C. The monoisotopic (exact) mass is 394 g/mol. The minimum atomic E-state index is -2.21. The van der Waals surface area contributed by atoms with Crippen molar-refractivity contribution in [2.75, 3.05) is 0 Å². The van der Waals surface area contributed by atoms with Crippen LogP contribution in [0.5, 0.6) is 0 Å². The van der Waals surface area contributed by atoms with Gasteiger partial charge in [0.1, 0.15) is 11.9 Å². The number of aliphatic hydroxyl groups excluding tert-OH is 1. The molecule has 0 amide bonds. The summed E-state index contributed by atoms with van der Waals surface area (Å²) >= 11 is 0. The molecule has 1 aliphatic heterocycles. The average Bonchev–Trinajstić information content (AvgIpc) is 2.58. The van der Waals surface area contributed by atoms with E-state index in [0.717, 1.165) is 0 Å². The Kier molecular flexibility index (Phi) is 4.69. The molecule has 7 heteroatoms. The molecule has 0 radical (unpaired) electrons. The maximum absolute atomic E-state index is 13.3. The molecule has 0 aromatic carbocycles. The number of ether oxygens (including phenoxy) is 2. The van der Waals surface area contributed by atoms with Crippen molar-refractivity contribution in [1.29, 1.82) is 0 Å². The molecule has 7 atom stereocenters. The van der Waals surface area contributed by atoms with E-state index in [1.54, 1.807) is 13.8 Å². The molecule has 2 aliphatic carbocycles. The molecule has 3 fully saturated rings. The van der Waals surface area contributed by atoms with E-state index in [2.05, 4.69) is 6.58 Å². The predicted molar refractivity (Wildman–Crippen MR) is 99.2 cm³/mol. The fourth-order valence-corrected chi connectivity index (χ4v) is 5.79. The van der Waals surface area contributed by atoms with Crippen LogP contribution in [0.4, 0.5) is 0 Å². The Balaban J connectivity index is 2.26. The second-order valence-corrected chi connectivity index (χ2v) is 9.58. The van der Waals surface area contributed by atoms with E-state index >= 15 is 0 Å². The van der Waals surface area contributed by atoms with Gasteiger partial charge in [0.15, 0.2) is 17.5 Å². The maximum atomic E-state index is 13.3. The summed E-state index contributed by atoms with van der Waals surface area (Å²) in [6, 6.07) is 0. The third kappa shape index (κ3) is 2.56. The van der Waals surface area contributed by atoms with Crippen molar-refractivity contribution in [3.8, 4) is 0 Å². The molecule has 1 heterocycles. The number of esters is 1. The highest BCUT2D eigenvalue weighted by Gasteiger charge is 2.77. The molecule has 2 N–H and O–H groups in total. The van der Waals surface area contributed by atoms with Crippen LogP contribution in [0.15, 0.2) is 12.7 Å². The van der Waals surface area contributed by atoms with Gasteiger partial charge in [-0.3, -0.25) is 14.4 Å². The Labute approximate surface area is 165 Å². The minimum Gasteiger partial charge on any atom is -0.457 e. The molecular weight excluding hydrogens is 364 g/mol. The summed E-state index contributed by atoms with van der Waals surface area (Å²) in [6.07, 6.45) is -1.98. The molecule has 156 valence electrons. The topological polar surface area (TPSA) is 110 Å². The van der Waals surface area contributed by atoms with Crippen molar-refractivity contribution in [1.82, 2.24) is 0 Å². The van der Waals surface area contributed by atoms with Crippen LogP contribution >= 0.6 is 0 Å². The fourth-order valence-electron chi connectivity index (χ4n) is 5.79. The number of carbonyl (C=O) groups is 3. The van der Waals surface area contributed by atoms with Crippen LogP contribution in [-0.2, 0) is 23.9 Å². The van der Waals surface area contributed by atoms with Crippen molar-refractivity contribution >= 4 is 17.5 Å². The van der Waals surface area contributed by atoms with Crippen LogP contribution in [0.25, 0.3) is 0 Å². The van der Waals surface area contributed by atoms with Gasteiger partial charge in [-0.2, -0.15) is 0 Å². The van der Waals surface area contributed by atoms with Gasteiger partial charge in [-0.1, -0.05) is 19.9 Å². The molecule has 2 saturated carbocycles. The van der Waals surface area contributed by atoms with Gasteiger partial charge in [0, 0.05) is 25.7 Å². The highest BCUT2D eigenvalue weighted by Crippen LogP contribution is 2.62. The molecule has 1 saturated heterocycles. The third-order valence-corrected chi connectivity index (χ3v) is 7.29.